The van der Waals surface area contributed by atoms with Crippen molar-refractivity contribution in [3.8, 4) is 5.75 Å². The molecular formula is C18H19BrN2O3. The molecule has 0 unspecified atom stereocenters. The lowest BCUT2D eigenvalue weighted by Crippen LogP contribution is -2.24. The van der Waals surface area contributed by atoms with E-state index in [1.165, 1.54) is 0 Å². The maximum atomic E-state index is 12.3. The molecule has 0 radical (unpaired) electrons. The molecule has 126 valence electrons. The Morgan fingerprint density at radius 2 is 1.83 bits per heavy atom. The third-order valence-corrected chi connectivity index (χ3v) is 3.95. The number of carbonyl (C=O) groups is 2. The summed E-state index contributed by atoms with van der Waals surface area (Å²) in [6.45, 7) is 2.61. The molecule has 2 aromatic carbocycles. The van der Waals surface area contributed by atoms with E-state index in [0.29, 0.717) is 33.6 Å². The first-order valence-electron chi connectivity index (χ1n) is 7.58. The van der Waals surface area contributed by atoms with Crippen molar-refractivity contribution in [2.75, 3.05) is 19.0 Å². The normalized spacial score (nSPS) is 10.1. The molecule has 0 saturated carbocycles. The summed E-state index contributed by atoms with van der Waals surface area (Å²) in [6.07, 6.45) is 0.870. The van der Waals surface area contributed by atoms with Gasteiger partial charge in [0.2, 0.25) is 0 Å². The zero-order chi connectivity index (χ0) is 17.5. The number of anilines is 1. The van der Waals surface area contributed by atoms with Gasteiger partial charge in [0.15, 0.2) is 0 Å². The fourth-order valence-corrected chi connectivity index (χ4v) is 2.63. The van der Waals surface area contributed by atoms with Crippen molar-refractivity contribution in [2.45, 2.75) is 13.3 Å². The second-order valence-corrected chi connectivity index (χ2v) is 5.99. The Morgan fingerprint density at radius 1 is 1.08 bits per heavy atom. The van der Waals surface area contributed by atoms with E-state index < -0.39 is 0 Å². The van der Waals surface area contributed by atoms with Gasteiger partial charge < -0.3 is 15.4 Å². The fourth-order valence-electron chi connectivity index (χ4n) is 2.09. The molecule has 0 atom stereocenters. The van der Waals surface area contributed by atoms with Crippen LogP contribution in [0.15, 0.2) is 46.9 Å². The van der Waals surface area contributed by atoms with Crippen LogP contribution in [0.1, 0.15) is 34.1 Å². The van der Waals surface area contributed by atoms with Gasteiger partial charge in [-0.3, -0.25) is 9.59 Å². The second kappa shape index (κ2) is 8.49. The van der Waals surface area contributed by atoms with E-state index in [4.69, 9.17) is 4.74 Å². The van der Waals surface area contributed by atoms with Gasteiger partial charge in [-0.05, 0) is 58.7 Å². The Morgan fingerprint density at radius 3 is 2.50 bits per heavy atom. The Kier molecular flexibility index (Phi) is 6.37. The van der Waals surface area contributed by atoms with Crippen LogP contribution in [0.25, 0.3) is 0 Å². The van der Waals surface area contributed by atoms with Crippen LogP contribution in [0.5, 0.6) is 5.75 Å². The van der Waals surface area contributed by atoms with Gasteiger partial charge in [0, 0.05) is 23.4 Å². The van der Waals surface area contributed by atoms with Gasteiger partial charge in [-0.1, -0.05) is 13.0 Å². The Balaban J connectivity index is 2.11. The number of rotatable bonds is 6. The molecule has 5 nitrogen and oxygen atoms in total. The summed E-state index contributed by atoms with van der Waals surface area (Å²) in [7, 11) is 1.56. The van der Waals surface area contributed by atoms with Gasteiger partial charge >= 0.3 is 0 Å². The third kappa shape index (κ3) is 4.58. The van der Waals surface area contributed by atoms with E-state index in [2.05, 4.69) is 26.6 Å². The van der Waals surface area contributed by atoms with Gasteiger partial charge in [-0.15, -0.1) is 0 Å². The topological polar surface area (TPSA) is 67.4 Å². The molecule has 0 aliphatic heterocycles. The summed E-state index contributed by atoms with van der Waals surface area (Å²) >= 11 is 3.36. The molecule has 6 heteroatoms. The van der Waals surface area contributed by atoms with Crippen molar-refractivity contribution in [1.29, 1.82) is 0 Å². The van der Waals surface area contributed by atoms with Crippen molar-refractivity contribution in [2.24, 2.45) is 0 Å². The summed E-state index contributed by atoms with van der Waals surface area (Å²) in [5.74, 6) is 0.241. The van der Waals surface area contributed by atoms with Crippen molar-refractivity contribution in [3.63, 3.8) is 0 Å². The van der Waals surface area contributed by atoms with E-state index in [1.54, 1.807) is 49.6 Å². The van der Waals surface area contributed by atoms with Crippen LogP contribution in [0.4, 0.5) is 5.69 Å². The number of hydrogen-bond acceptors (Lipinski definition) is 3. The highest BCUT2D eigenvalue weighted by atomic mass is 79.9. The molecule has 0 saturated heterocycles. The molecule has 0 bridgehead atoms. The molecule has 0 aliphatic carbocycles. The van der Waals surface area contributed by atoms with Crippen LogP contribution in [0.2, 0.25) is 0 Å². The van der Waals surface area contributed by atoms with Crippen LogP contribution in [0, 0.1) is 0 Å². The van der Waals surface area contributed by atoms with E-state index >= 15 is 0 Å². The smallest absolute Gasteiger partial charge is 0.255 e. The van der Waals surface area contributed by atoms with Crippen molar-refractivity contribution >= 4 is 33.4 Å². The van der Waals surface area contributed by atoms with Crippen molar-refractivity contribution < 1.29 is 14.3 Å². The molecule has 2 rings (SSSR count). The summed E-state index contributed by atoms with van der Waals surface area (Å²) in [5.41, 5.74) is 1.57. The number of hydrogen-bond donors (Lipinski definition) is 2. The predicted molar refractivity (Wildman–Crippen MR) is 97.7 cm³/mol. The molecule has 0 heterocycles. The number of carbonyl (C=O) groups excluding carboxylic acids is 2. The number of amides is 2. The quantitative estimate of drug-likeness (QED) is 0.786. The van der Waals surface area contributed by atoms with Crippen molar-refractivity contribution in [3.05, 3.63) is 58.1 Å². The van der Waals surface area contributed by atoms with Gasteiger partial charge in [-0.25, -0.2) is 0 Å². The summed E-state index contributed by atoms with van der Waals surface area (Å²) < 4.78 is 5.85. The Bertz CT molecular complexity index is 747. The SMILES string of the molecule is CCCNC(=O)c1cccc(NC(=O)c2ccc(OC)c(Br)c2)c1. The fraction of sp³-hybridized carbons (Fsp3) is 0.222. The number of ether oxygens (including phenoxy) is 1. The lowest BCUT2D eigenvalue weighted by molar-refractivity contribution is 0.0952. The number of benzene rings is 2. The molecule has 2 aromatic rings. The minimum absolute atomic E-state index is 0.153. The largest absolute Gasteiger partial charge is 0.496 e. The molecule has 2 N–H and O–H groups in total. The molecule has 0 aromatic heterocycles. The first kappa shape index (κ1) is 18.0. The van der Waals surface area contributed by atoms with Gasteiger partial charge in [0.1, 0.15) is 5.75 Å². The highest BCUT2D eigenvalue weighted by molar-refractivity contribution is 9.10. The summed E-state index contributed by atoms with van der Waals surface area (Å²) in [6, 6.07) is 11.9. The Hall–Kier alpha value is -2.34. The standard InChI is InChI=1S/C18H19BrN2O3/c1-3-9-20-17(22)12-5-4-6-14(10-12)21-18(23)13-7-8-16(24-2)15(19)11-13/h4-8,10-11H,3,9H2,1-2H3,(H,20,22)(H,21,23). The molecular weight excluding hydrogens is 372 g/mol. The zero-order valence-electron chi connectivity index (χ0n) is 13.6. The maximum absolute atomic E-state index is 12.3. The monoisotopic (exact) mass is 390 g/mol. The summed E-state index contributed by atoms with van der Waals surface area (Å²) in [5, 5.41) is 5.60. The highest BCUT2D eigenvalue weighted by Gasteiger charge is 2.11. The van der Waals surface area contributed by atoms with Gasteiger partial charge in [0.05, 0.1) is 11.6 Å². The van der Waals surface area contributed by atoms with Crippen LogP contribution >= 0.6 is 15.9 Å². The van der Waals surface area contributed by atoms with Gasteiger partial charge in [-0.2, -0.15) is 0 Å². The highest BCUT2D eigenvalue weighted by Crippen LogP contribution is 2.26. The van der Waals surface area contributed by atoms with E-state index in [0.717, 1.165) is 6.42 Å². The lowest BCUT2D eigenvalue weighted by atomic mass is 10.1. The van der Waals surface area contributed by atoms with Crippen molar-refractivity contribution in [1.82, 2.24) is 5.32 Å². The predicted octanol–water partition coefficient (Wildman–Crippen LogP) is 3.85. The average Bonchev–Trinajstić information content (AvgIpc) is 2.59. The Labute approximate surface area is 149 Å². The minimum atomic E-state index is -0.260. The van der Waals surface area contributed by atoms with E-state index in [-0.39, 0.29) is 11.8 Å². The van der Waals surface area contributed by atoms with Gasteiger partial charge in [0.25, 0.3) is 11.8 Å². The zero-order valence-corrected chi connectivity index (χ0v) is 15.1. The average molecular weight is 391 g/mol. The molecule has 0 aliphatic rings. The van der Waals surface area contributed by atoms with E-state index in [1.807, 2.05) is 6.92 Å². The summed E-state index contributed by atoms with van der Waals surface area (Å²) in [4.78, 5) is 24.3. The number of nitrogens with one attached hydrogen (secondary N) is 2. The van der Waals surface area contributed by atoms with Crippen LogP contribution in [0.3, 0.4) is 0 Å². The molecule has 2 amide bonds. The first-order valence-corrected chi connectivity index (χ1v) is 8.37. The lowest BCUT2D eigenvalue weighted by Gasteiger charge is -2.09. The minimum Gasteiger partial charge on any atom is -0.496 e. The van der Waals surface area contributed by atoms with Crippen LogP contribution in [-0.2, 0) is 0 Å². The first-order chi connectivity index (χ1) is 11.5. The van der Waals surface area contributed by atoms with Crippen LogP contribution in [-0.4, -0.2) is 25.5 Å². The van der Waals surface area contributed by atoms with E-state index in [9.17, 15) is 9.59 Å². The maximum Gasteiger partial charge on any atom is 0.255 e. The number of halogens is 1. The van der Waals surface area contributed by atoms with Crippen LogP contribution < -0.4 is 15.4 Å². The second-order valence-electron chi connectivity index (χ2n) is 5.14. The molecule has 0 fully saturated rings. The third-order valence-electron chi connectivity index (χ3n) is 3.33. The number of methoxy groups -OCH3 is 1. The molecule has 0 spiro atoms. The molecule has 24 heavy (non-hydrogen) atoms.